The highest BCUT2D eigenvalue weighted by Crippen LogP contribution is 2.24. The van der Waals surface area contributed by atoms with Crippen molar-refractivity contribution in [2.45, 2.75) is 40.0 Å². The van der Waals surface area contributed by atoms with E-state index in [9.17, 15) is 0 Å². The second-order valence-corrected chi connectivity index (χ2v) is 4.27. The Balaban J connectivity index is 2.22. The molecular formula is C14H20N. The summed E-state index contributed by atoms with van der Waals surface area (Å²) in [5, 5.41) is 0. The highest BCUT2D eigenvalue weighted by molar-refractivity contribution is 5.79. The van der Waals surface area contributed by atoms with Gasteiger partial charge in [-0.15, -0.1) is 0 Å². The second-order valence-electron chi connectivity index (χ2n) is 4.27. The Morgan fingerprint density at radius 1 is 1.40 bits per heavy atom. The van der Waals surface area contributed by atoms with Gasteiger partial charge in [0.2, 0.25) is 0 Å². The molecule has 0 unspecified atom stereocenters. The van der Waals surface area contributed by atoms with Crippen LogP contribution in [-0.4, -0.2) is 6.21 Å². The van der Waals surface area contributed by atoms with Crippen LogP contribution >= 0.6 is 0 Å². The van der Waals surface area contributed by atoms with Crippen molar-refractivity contribution < 1.29 is 0 Å². The van der Waals surface area contributed by atoms with Gasteiger partial charge in [0.05, 0.1) is 0 Å². The van der Waals surface area contributed by atoms with E-state index < -0.39 is 0 Å². The van der Waals surface area contributed by atoms with Crippen LogP contribution in [0.4, 0.5) is 0 Å². The lowest BCUT2D eigenvalue weighted by Gasteiger charge is -1.99. The van der Waals surface area contributed by atoms with Crippen molar-refractivity contribution in [1.29, 1.82) is 0 Å². The summed E-state index contributed by atoms with van der Waals surface area (Å²) in [6.07, 6.45) is 9.58. The minimum Gasteiger partial charge on any atom is -0.262 e. The molecule has 0 N–H and O–H groups in total. The molecule has 0 spiro atoms. The zero-order chi connectivity index (χ0) is 11.3. The summed E-state index contributed by atoms with van der Waals surface area (Å²) in [5.74, 6) is 0. The third-order valence-electron chi connectivity index (χ3n) is 2.56. The maximum absolute atomic E-state index is 4.36. The average Bonchev–Trinajstić information content (AvgIpc) is 2.97. The Morgan fingerprint density at radius 3 is 2.60 bits per heavy atom. The quantitative estimate of drug-likeness (QED) is 0.571. The second kappa shape index (κ2) is 5.69. The first-order valence-electron chi connectivity index (χ1n) is 5.49. The topological polar surface area (TPSA) is 12.4 Å². The van der Waals surface area contributed by atoms with Gasteiger partial charge in [0.1, 0.15) is 0 Å². The molecule has 1 nitrogen and oxygen atoms in total. The molecular weight excluding hydrogens is 182 g/mol. The van der Waals surface area contributed by atoms with E-state index in [1.165, 1.54) is 23.1 Å². The average molecular weight is 202 g/mol. The Hall–Kier alpha value is -1.11. The number of aliphatic imine (C=N–C) groups is 1. The number of rotatable bonds is 6. The van der Waals surface area contributed by atoms with Crippen LogP contribution in [0.15, 0.2) is 40.1 Å². The predicted molar refractivity (Wildman–Crippen MR) is 67.9 cm³/mol. The lowest BCUT2D eigenvalue weighted by molar-refractivity contribution is 0.819. The van der Waals surface area contributed by atoms with Crippen molar-refractivity contribution >= 4 is 6.21 Å². The molecule has 0 aliphatic heterocycles. The molecule has 0 aromatic rings. The van der Waals surface area contributed by atoms with Gasteiger partial charge in [0.15, 0.2) is 0 Å². The van der Waals surface area contributed by atoms with Crippen molar-refractivity contribution in [1.82, 2.24) is 0 Å². The van der Waals surface area contributed by atoms with E-state index in [0.717, 1.165) is 18.5 Å². The van der Waals surface area contributed by atoms with E-state index in [0.29, 0.717) is 0 Å². The van der Waals surface area contributed by atoms with Gasteiger partial charge in [0, 0.05) is 18.3 Å². The molecule has 1 aliphatic carbocycles. The van der Waals surface area contributed by atoms with Crippen molar-refractivity contribution in [3.63, 3.8) is 0 Å². The zero-order valence-electron chi connectivity index (χ0n) is 10.0. The smallest absolute Gasteiger partial charge is 0.0332 e. The molecule has 0 aromatic heterocycles. The molecule has 0 aromatic carbocycles. The number of nitrogens with zero attached hydrogens (tertiary/aromatic N) is 1. The molecule has 1 aliphatic rings. The molecule has 1 rings (SSSR count). The molecule has 81 valence electrons. The van der Waals surface area contributed by atoms with Gasteiger partial charge < -0.3 is 0 Å². The molecule has 0 atom stereocenters. The lowest BCUT2D eigenvalue weighted by Crippen LogP contribution is -1.84. The van der Waals surface area contributed by atoms with E-state index in [4.69, 9.17) is 0 Å². The van der Waals surface area contributed by atoms with Crippen molar-refractivity contribution in [2.75, 3.05) is 0 Å². The normalized spacial score (nSPS) is 13.9. The first-order chi connectivity index (χ1) is 7.09. The summed E-state index contributed by atoms with van der Waals surface area (Å²) >= 11 is 0. The van der Waals surface area contributed by atoms with Crippen LogP contribution < -0.4 is 0 Å². The van der Waals surface area contributed by atoms with Gasteiger partial charge in [-0.1, -0.05) is 23.8 Å². The first-order valence-corrected chi connectivity index (χ1v) is 5.49. The van der Waals surface area contributed by atoms with Crippen molar-refractivity contribution in [3.8, 4) is 0 Å². The maximum atomic E-state index is 4.36. The fourth-order valence-electron chi connectivity index (χ4n) is 1.10. The van der Waals surface area contributed by atoms with Gasteiger partial charge in [-0.05, 0) is 45.6 Å². The molecule has 0 saturated carbocycles. The number of hydrogen-bond donors (Lipinski definition) is 0. The van der Waals surface area contributed by atoms with E-state index in [2.05, 4.69) is 44.8 Å². The SMILES string of the molecule is C=C(CCCC1=C[CH]1)N=CC(C)=C(C)C. The number of allylic oxidation sites excluding steroid dienone is 5. The first kappa shape index (κ1) is 12.0. The van der Waals surface area contributed by atoms with Gasteiger partial charge in [-0.2, -0.15) is 0 Å². The van der Waals surface area contributed by atoms with Crippen molar-refractivity contribution in [2.24, 2.45) is 4.99 Å². The zero-order valence-corrected chi connectivity index (χ0v) is 10.0. The summed E-state index contributed by atoms with van der Waals surface area (Å²) < 4.78 is 0. The molecule has 1 radical (unpaired) electrons. The van der Waals surface area contributed by atoms with Gasteiger partial charge >= 0.3 is 0 Å². The number of hydrogen-bond acceptors (Lipinski definition) is 1. The standard InChI is InChI=1S/C14H20N/c1-11(2)12(3)10-15-13(4)6-5-7-14-8-9-14/h8-10H,4-7H2,1-3H3. The Morgan fingerprint density at radius 2 is 2.07 bits per heavy atom. The van der Waals surface area contributed by atoms with Crippen LogP contribution in [0.1, 0.15) is 40.0 Å². The maximum Gasteiger partial charge on any atom is 0.0332 e. The van der Waals surface area contributed by atoms with E-state index in [1.54, 1.807) is 0 Å². The van der Waals surface area contributed by atoms with E-state index >= 15 is 0 Å². The third kappa shape index (κ3) is 5.36. The summed E-state index contributed by atoms with van der Waals surface area (Å²) in [6, 6.07) is 0. The largest absolute Gasteiger partial charge is 0.262 e. The van der Waals surface area contributed by atoms with Crippen LogP contribution in [-0.2, 0) is 0 Å². The Kier molecular flexibility index (Phi) is 4.54. The fraction of sp³-hybridized carbons (Fsp3) is 0.429. The van der Waals surface area contributed by atoms with Crippen LogP contribution in [0, 0.1) is 6.42 Å². The lowest BCUT2D eigenvalue weighted by atomic mass is 10.1. The van der Waals surface area contributed by atoms with Gasteiger partial charge in [0.25, 0.3) is 0 Å². The fourth-order valence-corrected chi connectivity index (χ4v) is 1.10. The summed E-state index contributed by atoms with van der Waals surface area (Å²) in [4.78, 5) is 4.36. The summed E-state index contributed by atoms with van der Waals surface area (Å²) in [5.41, 5.74) is 5.00. The van der Waals surface area contributed by atoms with E-state index in [-0.39, 0.29) is 0 Å². The van der Waals surface area contributed by atoms with E-state index in [1.807, 2.05) is 6.21 Å². The van der Waals surface area contributed by atoms with Crippen LogP contribution in [0.5, 0.6) is 0 Å². The highest BCUT2D eigenvalue weighted by Gasteiger charge is 2.06. The van der Waals surface area contributed by atoms with Gasteiger partial charge in [-0.25, -0.2) is 0 Å². The van der Waals surface area contributed by atoms with Crippen LogP contribution in [0.2, 0.25) is 0 Å². The Bertz CT molecular complexity index is 325. The summed E-state index contributed by atoms with van der Waals surface area (Å²) in [6.45, 7) is 10.2. The Labute approximate surface area is 93.3 Å². The van der Waals surface area contributed by atoms with Crippen LogP contribution in [0.25, 0.3) is 0 Å². The van der Waals surface area contributed by atoms with Gasteiger partial charge in [-0.3, -0.25) is 4.99 Å². The minimum atomic E-state index is 0.983. The van der Waals surface area contributed by atoms with Crippen LogP contribution in [0.3, 0.4) is 0 Å². The molecule has 0 fully saturated rings. The molecule has 0 saturated heterocycles. The third-order valence-corrected chi connectivity index (χ3v) is 2.56. The molecule has 0 amide bonds. The molecule has 0 bridgehead atoms. The molecule has 0 heterocycles. The molecule has 15 heavy (non-hydrogen) atoms. The predicted octanol–water partition coefficient (Wildman–Crippen LogP) is 4.24. The highest BCUT2D eigenvalue weighted by atomic mass is 14.7. The van der Waals surface area contributed by atoms with Crippen molar-refractivity contribution in [3.05, 3.63) is 41.5 Å². The monoisotopic (exact) mass is 202 g/mol. The minimum absolute atomic E-state index is 0.983. The summed E-state index contributed by atoms with van der Waals surface area (Å²) in [7, 11) is 0. The molecule has 1 heteroatoms.